The fourth-order valence-electron chi connectivity index (χ4n) is 4.32. The number of carboxylic acids is 1. The molecule has 0 aromatic heterocycles. The summed E-state index contributed by atoms with van der Waals surface area (Å²) in [5.74, 6) is -3.11. The Kier molecular flexibility index (Phi) is 13.4. The zero-order valence-corrected chi connectivity index (χ0v) is 24.1. The molecule has 0 spiro atoms. The Labute approximate surface area is 240 Å². The van der Waals surface area contributed by atoms with Gasteiger partial charge < -0.3 is 30.9 Å². The van der Waals surface area contributed by atoms with Gasteiger partial charge in [-0.3, -0.25) is 19.3 Å². The quantitative estimate of drug-likeness (QED) is 0.206. The smallest absolute Gasteiger partial charge is 0.408 e. The number of carbonyl (C=O) groups is 5. The second kappa shape index (κ2) is 16.5. The molecule has 12 nitrogen and oxygen atoms in total. The number of rotatable bonds is 15. The lowest BCUT2D eigenvalue weighted by atomic mass is 9.98. The van der Waals surface area contributed by atoms with Gasteiger partial charge in [0.2, 0.25) is 11.8 Å². The van der Waals surface area contributed by atoms with E-state index in [9.17, 15) is 34.2 Å². The zero-order chi connectivity index (χ0) is 30.5. The van der Waals surface area contributed by atoms with Crippen LogP contribution < -0.4 is 16.0 Å². The number of nitrogens with zero attached hydrogens (tertiary/aromatic N) is 1. The SMILES string of the molecule is CC(C)C[C@H](NC(=O)[C@H](CO)NC(=O)[C@@H](NC(=O)OCc1ccccc1)C(C)C)C(=O)CN1CCC=C(C(=O)O)C1. The number of aliphatic hydroxyl groups is 1. The first-order valence-corrected chi connectivity index (χ1v) is 13.8. The largest absolute Gasteiger partial charge is 0.478 e. The van der Waals surface area contributed by atoms with Gasteiger partial charge in [-0.2, -0.15) is 0 Å². The minimum atomic E-state index is -1.37. The van der Waals surface area contributed by atoms with E-state index < -0.39 is 48.6 Å². The summed E-state index contributed by atoms with van der Waals surface area (Å²) < 4.78 is 5.20. The molecular formula is C29H42N4O8. The first kappa shape index (κ1) is 33.4. The molecule has 0 bridgehead atoms. The first-order valence-electron chi connectivity index (χ1n) is 13.8. The van der Waals surface area contributed by atoms with E-state index in [4.69, 9.17) is 4.74 Å². The van der Waals surface area contributed by atoms with E-state index in [2.05, 4.69) is 16.0 Å². The molecule has 1 aromatic rings. The Morgan fingerprint density at radius 3 is 2.20 bits per heavy atom. The number of nitrogens with one attached hydrogen (secondary N) is 3. The Hall–Kier alpha value is -3.77. The van der Waals surface area contributed by atoms with Crippen LogP contribution in [0.1, 0.15) is 46.1 Å². The fourth-order valence-corrected chi connectivity index (χ4v) is 4.32. The van der Waals surface area contributed by atoms with Crippen molar-refractivity contribution in [2.24, 2.45) is 11.8 Å². The summed E-state index contributed by atoms with van der Waals surface area (Å²) in [7, 11) is 0. The number of carboxylic acid groups (broad SMARTS) is 1. The summed E-state index contributed by atoms with van der Waals surface area (Å²) in [6, 6.07) is 5.70. The second-order valence-corrected chi connectivity index (χ2v) is 10.9. The lowest BCUT2D eigenvalue weighted by Gasteiger charge is -2.29. The van der Waals surface area contributed by atoms with Gasteiger partial charge >= 0.3 is 12.1 Å². The van der Waals surface area contributed by atoms with Crippen LogP contribution >= 0.6 is 0 Å². The molecule has 1 aromatic carbocycles. The molecule has 0 unspecified atom stereocenters. The van der Waals surface area contributed by atoms with Crippen LogP contribution in [0.5, 0.6) is 0 Å². The maximum Gasteiger partial charge on any atom is 0.408 e. The molecule has 2 rings (SSSR count). The van der Waals surface area contributed by atoms with Gasteiger partial charge in [0.25, 0.3) is 0 Å². The number of aliphatic carboxylic acids is 1. The van der Waals surface area contributed by atoms with Crippen molar-refractivity contribution >= 4 is 29.7 Å². The zero-order valence-electron chi connectivity index (χ0n) is 24.1. The number of benzene rings is 1. The van der Waals surface area contributed by atoms with Crippen LogP contribution in [0.25, 0.3) is 0 Å². The van der Waals surface area contributed by atoms with Gasteiger partial charge in [0.15, 0.2) is 5.78 Å². The minimum absolute atomic E-state index is 0.0113. The highest BCUT2D eigenvalue weighted by Crippen LogP contribution is 2.13. The van der Waals surface area contributed by atoms with Gasteiger partial charge in [0, 0.05) is 18.7 Å². The van der Waals surface area contributed by atoms with Crippen LogP contribution in [0, 0.1) is 11.8 Å². The fraction of sp³-hybridized carbons (Fsp3) is 0.552. The van der Waals surface area contributed by atoms with E-state index in [1.807, 2.05) is 19.9 Å². The topological polar surface area (TPSA) is 174 Å². The predicted octanol–water partition coefficient (Wildman–Crippen LogP) is 1.23. The lowest BCUT2D eigenvalue weighted by molar-refractivity contribution is -0.134. The molecule has 12 heteroatoms. The molecule has 1 heterocycles. The summed E-state index contributed by atoms with van der Waals surface area (Å²) >= 11 is 0. The van der Waals surface area contributed by atoms with Gasteiger partial charge in [-0.05, 0) is 30.2 Å². The van der Waals surface area contributed by atoms with Crippen molar-refractivity contribution in [1.29, 1.82) is 0 Å². The van der Waals surface area contributed by atoms with E-state index in [-0.39, 0.29) is 42.9 Å². The van der Waals surface area contributed by atoms with E-state index in [0.29, 0.717) is 19.4 Å². The van der Waals surface area contributed by atoms with E-state index >= 15 is 0 Å². The van der Waals surface area contributed by atoms with E-state index in [0.717, 1.165) is 5.56 Å². The highest BCUT2D eigenvalue weighted by Gasteiger charge is 2.32. The third kappa shape index (κ3) is 11.3. The molecule has 1 aliphatic heterocycles. The van der Waals surface area contributed by atoms with Crippen LogP contribution in [0.4, 0.5) is 4.79 Å². The molecule has 3 amide bonds. The number of hydrogen-bond donors (Lipinski definition) is 5. The van der Waals surface area contributed by atoms with Gasteiger partial charge in [0.05, 0.1) is 19.2 Å². The number of Topliss-reactive ketones (excluding diaryl/α,β-unsaturated/α-hetero) is 1. The average molecular weight is 575 g/mol. The van der Waals surface area contributed by atoms with Gasteiger partial charge in [0.1, 0.15) is 18.7 Å². The molecule has 0 radical (unpaired) electrons. The lowest BCUT2D eigenvalue weighted by Crippen LogP contribution is -2.58. The summed E-state index contributed by atoms with van der Waals surface area (Å²) in [4.78, 5) is 64.6. The average Bonchev–Trinajstić information content (AvgIpc) is 2.93. The van der Waals surface area contributed by atoms with Crippen molar-refractivity contribution in [1.82, 2.24) is 20.9 Å². The molecule has 1 aliphatic rings. The normalized spacial score (nSPS) is 15.8. The number of hydrogen-bond acceptors (Lipinski definition) is 8. The number of alkyl carbamates (subject to hydrolysis) is 1. The Morgan fingerprint density at radius 2 is 1.61 bits per heavy atom. The van der Waals surface area contributed by atoms with Crippen LogP contribution in [0.2, 0.25) is 0 Å². The summed E-state index contributed by atoms with van der Waals surface area (Å²) in [5, 5.41) is 26.8. The predicted molar refractivity (Wildman–Crippen MR) is 151 cm³/mol. The van der Waals surface area contributed by atoms with Crippen LogP contribution in [0.15, 0.2) is 42.0 Å². The van der Waals surface area contributed by atoms with Crippen LogP contribution in [0.3, 0.4) is 0 Å². The number of aliphatic hydroxyl groups excluding tert-OH is 1. The maximum atomic E-state index is 13.1. The second-order valence-electron chi connectivity index (χ2n) is 10.9. The van der Waals surface area contributed by atoms with Crippen molar-refractivity contribution < 1.29 is 38.9 Å². The van der Waals surface area contributed by atoms with Gasteiger partial charge in [-0.1, -0.05) is 64.1 Å². The summed E-state index contributed by atoms with van der Waals surface area (Å²) in [6.45, 7) is 7.05. The van der Waals surface area contributed by atoms with Crippen molar-refractivity contribution in [2.45, 2.75) is 65.3 Å². The molecule has 226 valence electrons. The van der Waals surface area contributed by atoms with E-state index in [1.165, 1.54) is 0 Å². The number of ketones is 1. The highest BCUT2D eigenvalue weighted by atomic mass is 16.5. The van der Waals surface area contributed by atoms with Crippen molar-refractivity contribution in [3.8, 4) is 0 Å². The molecular weight excluding hydrogens is 532 g/mol. The maximum absolute atomic E-state index is 13.1. The van der Waals surface area contributed by atoms with Crippen LogP contribution in [-0.2, 0) is 30.5 Å². The number of amides is 3. The monoisotopic (exact) mass is 574 g/mol. The van der Waals surface area contributed by atoms with Gasteiger partial charge in [-0.15, -0.1) is 0 Å². The molecule has 41 heavy (non-hydrogen) atoms. The molecule has 0 saturated heterocycles. The third-order valence-corrected chi connectivity index (χ3v) is 6.55. The number of ether oxygens (including phenoxy) is 1. The van der Waals surface area contributed by atoms with Gasteiger partial charge in [-0.25, -0.2) is 9.59 Å². The minimum Gasteiger partial charge on any atom is -0.478 e. The highest BCUT2D eigenvalue weighted by molar-refractivity contribution is 5.95. The third-order valence-electron chi connectivity index (χ3n) is 6.55. The Balaban J connectivity index is 2.00. The molecule has 0 saturated carbocycles. The molecule has 3 atom stereocenters. The van der Waals surface area contributed by atoms with E-state index in [1.54, 1.807) is 49.1 Å². The molecule has 0 aliphatic carbocycles. The standard InChI is InChI=1S/C29H42N4O8/c1-18(2)13-22(24(35)15-33-12-8-11-21(14-33)28(38)39)30-26(36)23(16-34)31-27(37)25(19(3)4)32-29(40)41-17-20-9-6-5-7-10-20/h5-7,9-11,18-19,22-23,25,34H,8,12-17H2,1-4H3,(H,30,36)(H,31,37)(H,32,40)(H,38,39)/t22-,23-,25-/m0/s1. The first-order chi connectivity index (χ1) is 19.4. The van der Waals surface area contributed by atoms with Crippen molar-refractivity contribution in [3.63, 3.8) is 0 Å². The van der Waals surface area contributed by atoms with Crippen LogP contribution in [-0.4, -0.2) is 89.1 Å². The van der Waals surface area contributed by atoms with Crippen molar-refractivity contribution in [3.05, 3.63) is 47.5 Å². The molecule has 5 N–H and O–H groups in total. The number of carbonyl (C=O) groups excluding carboxylic acids is 4. The molecule has 0 fully saturated rings. The summed E-state index contributed by atoms with van der Waals surface area (Å²) in [6.07, 6.45) is 1.64. The summed E-state index contributed by atoms with van der Waals surface area (Å²) in [5.41, 5.74) is 0.989. The Bertz CT molecular complexity index is 1090. The Morgan fingerprint density at radius 1 is 0.951 bits per heavy atom. The van der Waals surface area contributed by atoms with Crippen molar-refractivity contribution in [2.75, 3.05) is 26.2 Å².